The molecule has 0 spiro atoms. The van der Waals surface area contributed by atoms with Crippen molar-refractivity contribution in [2.45, 2.75) is 25.6 Å². The van der Waals surface area contributed by atoms with E-state index < -0.39 is 11.7 Å². The van der Waals surface area contributed by atoms with Crippen LogP contribution in [0.15, 0.2) is 35.1 Å². The highest BCUT2D eigenvalue weighted by molar-refractivity contribution is 9.10. The molecule has 0 aliphatic rings. The molecule has 0 amide bonds. The van der Waals surface area contributed by atoms with E-state index in [4.69, 9.17) is 5.73 Å². The van der Waals surface area contributed by atoms with Crippen LogP contribution in [0.2, 0.25) is 0 Å². The van der Waals surface area contributed by atoms with Gasteiger partial charge in [0.25, 0.3) is 0 Å². The summed E-state index contributed by atoms with van der Waals surface area (Å²) in [5.41, 5.74) is 6.44. The fraction of sp³-hybridized carbons (Fsp3) is 0.308. The molecule has 1 unspecified atom stereocenters. The van der Waals surface area contributed by atoms with Crippen molar-refractivity contribution in [2.24, 2.45) is 5.73 Å². The number of aromatic nitrogens is 2. The first kappa shape index (κ1) is 15.1. The lowest BCUT2D eigenvalue weighted by Crippen LogP contribution is -2.19. The molecule has 2 rings (SSSR count). The van der Waals surface area contributed by atoms with Crippen molar-refractivity contribution in [3.8, 4) is 5.69 Å². The number of nitrogens with two attached hydrogens (primary N) is 1. The number of hydrogen-bond donors (Lipinski definition) is 1. The number of nitrogens with zero attached hydrogens (tertiary/aromatic N) is 2. The van der Waals surface area contributed by atoms with Crippen LogP contribution < -0.4 is 5.73 Å². The van der Waals surface area contributed by atoms with Gasteiger partial charge in [-0.05, 0) is 37.1 Å². The van der Waals surface area contributed by atoms with Gasteiger partial charge in [-0.2, -0.15) is 18.3 Å². The molecule has 1 atom stereocenters. The predicted molar refractivity (Wildman–Crippen MR) is 73.6 cm³/mol. The average molecular weight is 348 g/mol. The molecule has 0 fully saturated rings. The molecule has 1 aromatic carbocycles. The second-order valence-electron chi connectivity index (χ2n) is 4.63. The van der Waals surface area contributed by atoms with Crippen LogP contribution in [0.3, 0.4) is 0 Å². The highest BCUT2D eigenvalue weighted by Gasteiger charge is 2.32. The van der Waals surface area contributed by atoms with Gasteiger partial charge in [-0.1, -0.05) is 15.9 Å². The standard InChI is InChI=1S/C13H13BrF3N3/c1-8(18)4-9-5-11(14)2-3-12(9)20-7-10(6-19-20)13(15,16)17/h2-3,5-8H,4,18H2,1H3. The Hall–Kier alpha value is -1.34. The predicted octanol–water partition coefficient (Wildman–Crippen LogP) is 3.54. The first-order valence-corrected chi connectivity index (χ1v) is 6.73. The van der Waals surface area contributed by atoms with E-state index in [9.17, 15) is 13.2 Å². The number of rotatable bonds is 3. The largest absolute Gasteiger partial charge is 0.419 e. The molecular weight excluding hydrogens is 335 g/mol. The number of halogens is 4. The molecule has 2 aromatic rings. The molecule has 3 nitrogen and oxygen atoms in total. The van der Waals surface area contributed by atoms with Crippen LogP contribution in [0.25, 0.3) is 5.69 Å². The topological polar surface area (TPSA) is 43.8 Å². The lowest BCUT2D eigenvalue weighted by atomic mass is 10.1. The molecule has 0 saturated heterocycles. The van der Waals surface area contributed by atoms with Crippen LogP contribution in [0.5, 0.6) is 0 Å². The van der Waals surface area contributed by atoms with Crippen LogP contribution in [0.1, 0.15) is 18.1 Å². The van der Waals surface area contributed by atoms with Crippen molar-refractivity contribution >= 4 is 15.9 Å². The van der Waals surface area contributed by atoms with Crippen molar-refractivity contribution in [2.75, 3.05) is 0 Å². The molecule has 0 bridgehead atoms. The summed E-state index contributed by atoms with van der Waals surface area (Å²) in [6.07, 6.45) is -2.05. The maximum Gasteiger partial charge on any atom is 0.419 e. The minimum Gasteiger partial charge on any atom is -0.328 e. The molecular formula is C13H13BrF3N3. The molecule has 2 N–H and O–H groups in total. The Morgan fingerprint density at radius 2 is 2.10 bits per heavy atom. The van der Waals surface area contributed by atoms with Crippen molar-refractivity contribution in [1.29, 1.82) is 0 Å². The molecule has 7 heteroatoms. The molecule has 0 aliphatic carbocycles. The smallest absolute Gasteiger partial charge is 0.328 e. The van der Waals surface area contributed by atoms with Gasteiger partial charge < -0.3 is 5.73 Å². The summed E-state index contributed by atoms with van der Waals surface area (Å²) < 4.78 is 39.9. The zero-order valence-corrected chi connectivity index (χ0v) is 12.2. The normalized spacial score (nSPS) is 13.5. The summed E-state index contributed by atoms with van der Waals surface area (Å²) in [5.74, 6) is 0. The van der Waals surface area contributed by atoms with Crippen LogP contribution in [-0.4, -0.2) is 15.8 Å². The molecule has 0 aliphatic heterocycles. The maximum atomic E-state index is 12.6. The number of alkyl halides is 3. The molecule has 0 radical (unpaired) electrons. The van der Waals surface area contributed by atoms with E-state index in [2.05, 4.69) is 21.0 Å². The van der Waals surface area contributed by atoms with Crippen molar-refractivity contribution in [3.63, 3.8) is 0 Å². The first-order valence-electron chi connectivity index (χ1n) is 5.93. The quantitative estimate of drug-likeness (QED) is 0.922. The van der Waals surface area contributed by atoms with Gasteiger partial charge in [-0.3, -0.25) is 0 Å². The third-order valence-electron chi connectivity index (χ3n) is 2.74. The van der Waals surface area contributed by atoms with E-state index >= 15 is 0 Å². The first-order chi connectivity index (χ1) is 9.27. The Labute approximate surface area is 122 Å². The van der Waals surface area contributed by atoms with Gasteiger partial charge in [0.05, 0.1) is 17.4 Å². The second kappa shape index (κ2) is 5.57. The third-order valence-corrected chi connectivity index (χ3v) is 3.23. The Morgan fingerprint density at radius 3 is 2.65 bits per heavy atom. The summed E-state index contributed by atoms with van der Waals surface area (Å²) >= 11 is 3.35. The zero-order valence-electron chi connectivity index (χ0n) is 10.7. The van der Waals surface area contributed by atoms with Crippen LogP contribution in [0.4, 0.5) is 13.2 Å². The van der Waals surface area contributed by atoms with Gasteiger partial charge in [0.2, 0.25) is 0 Å². The summed E-state index contributed by atoms with van der Waals surface area (Å²) in [6.45, 7) is 1.84. The lowest BCUT2D eigenvalue weighted by Gasteiger charge is -2.12. The third kappa shape index (κ3) is 3.40. The van der Waals surface area contributed by atoms with E-state index in [-0.39, 0.29) is 6.04 Å². The van der Waals surface area contributed by atoms with E-state index in [0.29, 0.717) is 12.1 Å². The summed E-state index contributed by atoms with van der Waals surface area (Å²) in [4.78, 5) is 0. The number of benzene rings is 1. The zero-order chi connectivity index (χ0) is 14.9. The van der Waals surface area contributed by atoms with Crippen molar-refractivity contribution < 1.29 is 13.2 Å². The van der Waals surface area contributed by atoms with E-state index in [1.54, 1.807) is 12.1 Å². The lowest BCUT2D eigenvalue weighted by molar-refractivity contribution is -0.137. The van der Waals surface area contributed by atoms with Gasteiger partial charge in [0.15, 0.2) is 0 Å². The Balaban J connectivity index is 2.44. The fourth-order valence-corrected chi connectivity index (χ4v) is 2.30. The van der Waals surface area contributed by atoms with E-state index in [1.807, 2.05) is 13.0 Å². The Morgan fingerprint density at radius 1 is 1.40 bits per heavy atom. The monoisotopic (exact) mass is 347 g/mol. The highest BCUT2D eigenvalue weighted by atomic mass is 79.9. The minimum absolute atomic E-state index is 0.0966. The van der Waals surface area contributed by atoms with Crippen LogP contribution in [-0.2, 0) is 12.6 Å². The summed E-state index contributed by atoms with van der Waals surface area (Å²) in [7, 11) is 0. The SMILES string of the molecule is CC(N)Cc1cc(Br)ccc1-n1cc(C(F)(F)F)cn1. The van der Waals surface area contributed by atoms with E-state index in [1.165, 1.54) is 4.68 Å². The molecule has 1 heterocycles. The maximum absolute atomic E-state index is 12.6. The van der Waals surface area contributed by atoms with Crippen molar-refractivity contribution in [1.82, 2.24) is 9.78 Å². The average Bonchev–Trinajstić information content (AvgIpc) is 2.77. The Bertz CT molecular complexity index is 605. The molecule has 20 heavy (non-hydrogen) atoms. The summed E-state index contributed by atoms with van der Waals surface area (Å²) in [5, 5.41) is 3.79. The minimum atomic E-state index is -4.39. The van der Waals surface area contributed by atoms with Gasteiger partial charge in [0, 0.05) is 16.7 Å². The van der Waals surface area contributed by atoms with Gasteiger partial charge in [0.1, 0.15) is 0 Å². The van der Waals surface area contributed by atoms with E-state index in [0.717, 1.165) is 22.4 Å². The summed E-state index contributed by atoms with van der Waals surface area (Å²) in [6, 6.07) is 5.22. The Kier molecular flexibility index (Phi) is 4.19. The molecule has 1 aromatic heterocycles. The highest BCUT2D eigenvalue weighted by Crippen LogP contribution is 2.30. The van der Waals surface area contributed by atoms with Crippen molar-refractivity contribution in [3.05, 3.63) is 46.2 Å². The van der Waals surface area contributed by atoms with Gasteiger partial charge in [-0.15, -0.1) is 0 Å². The number of hydrogen-bond acceptors (Lipinski definition) is 2. The molecule has 108 valence electrons. The molecule has 0 saturated carbocycles. The van der Waals surface area contributed by atoms with Crippen LogP contribution in [0, 0.1) is 0 Å². The fourth-order valence-electron chi connectivity index (χ4n) is 1.89. The van der Waals surface area contributed by atoms with Crippen LogP contribution >= 0.6 is 15.9 Å². The second-order valence-corrected chi connectivity index (χ2v) is 5.54. The van der Waals surface area contributed by atoms with Gasteiger partial charge >= 0.3 is 6.18 Å². The van der Waals surface area contributed by atoms with Gasteiger partial charge in [-0.25, -0.2) is 4.68 Å².